The third-order valence-electron chi connectivity index (χ3n) is 6.30. The van der Waals surface area contributed by atoms with E-state index < -0.39 is 0 Å². The molecule has 0 unspecified atom stereocenters. The molecule has 0 amide bonds. The topological polar surface area (TPSA) is 45.7 Å². The van der Waals surface area contributed by atoms with E-state index in [2.05, 4.69) is 26.9 Å². The summed E-state index contributed by atoms with van der Waals surface area (Å²) in [5, 5.41) is 0. The average molecular weight is 343 g/mol. The van der Waals surface area contributed by atoms with Crippen LogP contribution in [0.1, 0.15) is 44.9 Å². The molecule has 3 fully saturated rings. The fraction of sp³-hybridized carbons (Fsp3) is 0.700. The Labute approximate surface area is 150 Å². The van der Waals surface area contributed by atoms with Crippen LogP contribution in [-0.2, 0) is 9.53 Å². The van der Waals surface area contributed by atoms with E-state index in [4.69, 9.17) is 4.74 Å². The highest BCUT2D eigenvalue weighted by atomic mass is 16.6. The highest BCUT2D eigenvalue weighted by Crippen LogP contribution is 2.46. The van der Waals surface area contributed by atoms with E-state index in [0.717, 1.165) is 58.4 Å². The summed E-state index contributed by atoms with van der Waals surface area (Å²) in [7, 11) is 0. The van der Waals surface area contributed by atoms with Gasteiger partial charge in [-0.15, -0.1) is 0 Å². The van der Waals surface area contributed by atoms with Gasteiger partial charge in [-0.3, -0.25) is 14.7 Å². The van der Waals surface area contributed by atoms with Gasteiger partial charge in [-0.25, -0.2) is 0 Å². The molecule has 0 bridgehead atoms. The Bertz CT molecular complexity index is 578. The van der Waals surface area contributed by atoms with E-state index in [-0.39, 0.29) is 17.5 Å². The standard InChI is InChI=1S/C20H29N3O2/c24-19-20(7-2-1-3-8-20)16-18(25-19)6-11-22-12-14-23(15-13-22)17-4-9-21-10-5-17/h4-5,9-10,18H,1-3,6-8,11-16H2/t18-/m0/s1. The molecule has 0 N–H and O–H groups in total. The fourth-order valence-electron chi connectivity index (χ4n) is 4.75. The van der Waals surface area contributed by atoms with E-state index in [1.807, 2.05) is 12.4 Å². The molecular formula is C20H29N3O2. The van der Waals surface area contributed by atoms with Crippen LogP contribution in [0.3, 0.4) is 0 Å². The van der Waals surface area contributed by atoms with Crippen LogP contribution >= 0.6 is 0 Å². The number of pyridine rings is 1. The lowest BCUT2D eigenvalue weighted by Gasteiger charge is -2.36. The Morgan fingerprint density at radius 2 is 1.80 bits per heavy atom. The molecule has 1 aliphatic carbocycles. The minimum atomic E-state index is -0.122. The molecule has 5 nitrogen and oxygen atoms in total. The zero-order valence-electron chi connectivity index (χ0n) is 15.0. The third kappa shape index (κ3) is 3.66. The molecule has 1 spiro atoms. The molecule has 0 radical (unpaired) electrons. The Morgan fingerprint density at radius 1 is 1.08 bits per heavy atom. The van der Waals surface area contributed by atoms with Crippen LogP contribution in [0.5, 0.6) is 0 Å². The van der Waals surface area contributed by atoms with Crippen molar-refractivity contribution in [1.82, 2.24) is 9.88 Å². The number of cyclic esters (lactones) is 1. The van der Waals surface area contributed by atoms with Crippen molar-refractivity contribution in [2.24, 2.45) is 5.41 Å². The second-order valence-electron chi connectivity index (χ2n) is 7.90. The van der Waals surface area contributed by atoms with E-state index >= 15 is 0 Å². The van der Waals surface area contributed by atoms with Crippen LogP contribution in [0.15, 0.2) is 24.5 Å². The summed E-state index contributed by atoms with van der Waals surface area (Å²) >= 11 is 0. The molecule has 1 aromatic rings. The molecule has 1 atom stereocenters. The van der Waals surface area contributed by atoms with Gasteiger partial charge in [-0.2, -0.15) is 0 Å². The quantitative estimate of drug-likeness (QED) is 0.787. The molecule has 25 heavy (non-hydrogen) atoms. The normalized spacial score (nSPS) is 26.8. The van der Waals surface area contributed by atoms with Crippen LogP contribution in [0.2, 0.25) is 0 Å². The number of carbonyl (C=O) groups excluding carboxylic acids is 1. The van der Waals surface area contributed by atoms with Crippen molar-refractivity contribution in [3.8, 4) is 0 Å². The smallest absolute Gasteiger partial charge is 0.312 e. The number of hydrogen-bond acceptors (Lipinski definition) is 5. The van der Waals surface area contributed by atoms with E-state index in [9.17, 15) is 4.79 Å². The highest BCUT2D eigenvalue weighted by molar-refractivity contribution is 5.79. The minimum Gasteiger partial charge on any atom is -0.462 e. The van der Waals surface area contributed by atoms with Gasteiger partial charge in [-0.1, -0.05) is 19.3 Å². The lowest BCUT2D eigenvalue weighted by molar-refractivity contribution is -0.150. The summed E-state index contributed by atoms with van der Waals surface area (Å²) in [4.78, 5) is 21.4. The summed E-state index contributed by atoms with van der Waals surface area (Å²) in [6.07, 6.45) is 11.6. The first-order chi connectivity index (χ1) is 12.3. The van der Waals surface area contributed by atoms with Crippen molar-refractivity contribution in [3.05, 3.63) is 24.5 Å². The van der Waals surface area contributed by atoms with Crippen molar-refractivity contribution >= 4 is 11.7 Å². The molecule has 136 valence electrons. The number of hydrogen-bond donors (Lipinski definition) is 0. The molecule has 3 heterocycles. The monoisotopic (exact) mass is 343 g/mol. The second-order valence-corrected chi connectivity index (χ2v) is 7.90. The van der Waals surface area contributed by atoms with Crippen molar-refractivity contribution in [2.75, 3.05) is 37.6 Å². The molecule has 1 saturated carbocycles. The first kappa shape index (κ1) is 16.8. The van der Waals surface area contributed by atoms with Gasteiger partial charge in [0.1, 0.15) is 6.10 Å². The van der Waals surface area contributed by atoms with Gasteiger partial charge in [-0.05, 0) is 31.4 Å². The van der Waals surface area contributed by atoms with Crippen LogP contribution in [0, 0.1) is 5.41 Å². The molecule has 4 rings (SSSR count). The maximum Gasteiger partial charge on any atom is 0.312 e. The van der Waals surface area contributed by atoms with Gasteiger partial charge in [0.2, 0.25) is 0 Å². The van der Waals surface area contributed by atoms with Crippen LogP contribution in [-0.4, -0.2) is 54.7 Å². The van der Waals surface area contributed by atoms with Crippen molar-refractivity contribution in [3.63, 3.8) is 0 Å². The molecule has 2 saturated heterocycles. The number of aromatic nitrogens is 1. The summed E-state index contributed by atoms with van der Waals surface area (Å²) in [5.41, 5.74) is 1.14. The lowest BCUT2D eigenvalue weighted by Crippen LogP contribution is -2.47. The van der Waals surface area contributed by atoms with Crippen LogP contribution in [0.4, 0.5) is 5.69 Å². The number of piperazine rings is 1. The molecule has 5 heteroatoms. The van der Waals surface area contributed by atoms with Crippen LogP contribution in [0.25, 0.3) is 0 Å². The highest BCUT2D eigenvalue weighted by Gasteiger charge is 2.48. The third-order valence-corrected chi connectivity index (χ3v) is 6.30. The second kappa shape index (κ2) is 7.32. The summed E-state index contributed by atoms with van der Waals surface area (Å²) < 4.78 is 5.75. The Hall–Kier alpha value is -1.62. The minimum absolute atomic E-state index is 0.0970. The number of nitrogens with zero attached hydrogens (tertiary/aromatic N) is 3. The van der Waals surface area contributed by atoms with Gasteiger partial charge in [0.05, 0.1) is 5.41 Å². The number of esters is 1. The molecule has 3 aliphatic rings. The summed E-state index contributed by atoms with van der Waals surface area (Å²) in [5.74, 6) is 0.0970. The predicted molar refractivity (Wildman–Crippen MR) is 97.5 cm³/mol. The van der Waals surface area contributed by atoms with E-state index in [1.165, 1.54) is 24.9 Å². The largest absolute Gasteiger partial charge is 0.462 e. The predicted octanol–water partition coefficient (Wildman–Crippen LogP) is 2.86. The van der Waals surface area contributed by atoms with Gasteiger partial charge in [0.25, 0.3) is 0 Å². The van der Waals surface area contributed by atoms with Gasteiger partial charge in [0.15, 0.2) is 0 Å². The maximum absolute atomic E-state index is 12.4. The first-order valence-corrected chi connectivity index (χ1v) is 9.84. The first-order valence-electron chi connectivity index (χ1n) is 9.84. The maximum atomic E-state index is 12.4. The lowest BCUT2D eigenvalue weighted by atomic mass is 9.72. The number of anilines is 1. The van der Waals surface area contributed by atoms with Crippen molar-refractivity contribution in [1.29, 1.82) is 0 Å². The fourth-order valence-corrected chi connectivity index (χ4v) is 4.75. The molecule has 1 aromatic heterocycles. The van der Waals surface area contributed by atoms with Crippen LogP contribution < -0.4 is 4.90 Å². The molecule has 0 aromatic carbocycles. The summed E-state index contributed by atoms with van der Waals surface area (Å²) in [6.45, 7) is 5.30. The van der Waals surface area contributed by atoms with E-state index in [0.29, 0.717) is 0 Å². The molecule has 2 aliphatic heterocycles. The number of carbonyl (C=O) groups is 1. The number of rotatable bonds is 4. The Morgan fingerprint density at radius 3 is 2.52 bits per heavy atom. The average Bonchev–Trinajstić information content (AvgIpc) is 2.97. The Balaban J connectivity index is 1.23. The Kier molecular flexibility index (Phi) is 4.93. The zero-order chi connectivity index (χ0) is 17.1. The molecular weight excluding hydrogens is 314 g/mol. The zero-order valence-corrected chi connectivity index (χ0v) is 15.0. The number of ether oxygens (including phenoxy) is 1. The van der Waals surface area contributed by atoms with Gasteiger partial charge in [0, 0.05) is 57.2 Å². The van der Waals surface area contributed by atoms with Crippen molar-refractivity contribution in [2.45, 2.75) is 51.0 Å². The summed E-state index contributed by atoms with van der Waals surface area (Å²) in [6, 6.07) is 4.16. The van der Waals surface area contributed by atoms with E-state index in [1.54, 1.807) is 0 Å². The van der Waals surface area contributed by atoms with Gasteiger partial charge < -0.3 is 9.64 Å². The van der Waals surface area contributed by atoms with Gasteiger partial charge >= 0.3 is 5.97 Å². The van der Waals surface area contributed by atoms with Crippen molar-refractivity contribution < 1.29 is 9.53 Å². The SMILES string of the molecule is O=C1O[C@@H](CCN2CCN(c3ccncc3)CC2)CC12CCCCC2.